The minimum Gasteiger partial charge on any atom is -0.451 e. The van der Waals surface area contributed by atoms with Crippen LogP contribution in [0.25, 0.3) is 0 Å². The molecule has 5 rings (SSSR count). The number of aromatic nitrogens is 2. The molecule has 1 aliphatic heterocycles. The first-order valence-corrected chi connectivity index (χ1v) is 10.6. The van der Waals surface area contributed by atoms with E-state index in [-0.39, 0.29) is 18.1 Å². The molecule has 152 valence electrons. The van der Waals surface area contributed by atoms with Gasteiger partial charge < -0.3 is 14.8 Å². The van der Waals surface area contributed by atoms with Crippen LogP contribution < -0.4 is 14.8 Å². The SMILES string of the molecule is C=CCCC(C1Oc2ccccc2O1)C1CC1CC(=O)Nc1cc(C2CC2)[nH]n1. The Morgan fingerprint density at radius 3 is 2.76 bits per heavy atom. The molecule has 2 saturated carbocycles. The summed E-state index contributed by atoms with van der Waals surface area (Å²) in [4.78, 5) is 12.5. The second kappa shape index (κ2) is 7.58. The number of carbonyl (C=O) groups excluding carboxylic acids is 1. The molecule has 1 aromatic carbocycles. The number of para-hydroxylation sites is 2. The summed E-state index contributed by atoms with van der Waals surface area (Å²) in [5.41, 5.74) is 1.13. The minimum absolute atomic E-state index is 0.0327. The van der Waals surface area contributed by atoms with Gasteiger partial charge >= 0.3 is 0 Å². The number of hydrogen-bond acceptors (Lipinski definition) is 4. The average molecular weight is 393 g/mol. The van der Waals surface area contributed by atoms with Crippen LogP contribution in [0, 0.1) is 17.8 Å². The Hall–Kier alpha value is -2.76. The highest BCUT2D eigenvalue weighted by molar-refractivity contribution is 5.90. The number of carbonyl (C=O) groups is 1. The van der Waals surface area contributed by atoms with Crippen molar-refractivity contribution in [2.75, 3.05) is 5.32 Å². The van der Waals surface area contributed by atoms with Crippen molar-refractivity contribution in [3.63, 3.8) is 0 Å². The molecule has 2 N–H and O–H groups in total. The van der Waals surface area contributed by atoms with Crippen LogP contribution in [0.15, 0.2) is 43.0 Å². The maximum atomic E-state index is 12.5. The summed E-state index contributed by atoms with van der Waals surface area (Å²) in [6, 6.07) is 9.76. The Morgan fingerprint density at radius 1 is 1.31 bits per heavy atom. The van der Waals surface area contributed by atoms with Gasteiger partial charge in [-0.3, -0.25) is 9.89 Å². The van der Waals surface area contributed by atoms with Gasteiger partial charge in [-0.05, 0) is 56.1 Å². The molecule has 2 heterocycles. The molecule has 6 heteroatoms. The number of ether oxygens (including phenoxy) is 2. The molecule has 0 spiro atoms. The van der Waals surface area contributed by atoms with Gasteiger partial charge in [0.25, 0.3) is 0 Å². The second-order valence-electron chi connectivity index (χ2n) is 8.48. The van der Waals surface area contributed by atoms with E-state index in [0.29, 0.717) is 30.0 Å². The Morgan fingerprint density at radius 2 is 2.07 bits per heavy atom. The summed E-state index contributed by atoms with van der Waals surface area (Å²) in [6.45, 7) is 3.86. The first-order chi connectivity index (χ1) is 14.2. The molecule has 0 saturated heterocycles. The first-order valence-electron chi connectivity index (χ1n) is 10.6. The fraction of sp³-hybridized carbons (Fsp3) is 0.478. The van der Waals surface area contributed by atoms with E-state index in [9.17, 15) is 4.79 Å². The maximum absolute atomic E-state index is 12.5. The number of allylic oxidation sites excluding steroid dienone is 1. The van der Waals surface area contributed by atoms with Gasteiger partial charge in [0, 0.05) is 30.0 Å². The summed E-state index contributed by atoms with van der Waals surface area (Å²) in [5.74, 6) is 3.93. The van der Waals surface area contributed by atoms with Crippen molar-refractivity contribution in [1.29, 1.82) is 0 Å². The standard InChI is InChI=1S/C23H27N3O3/c1-2-3-6-16(23-28-19-7-4-5-8-20(19)29-23)17-11-15(17)12-22(27)24-21-13-18(25-26-21)14-9-10-14/h2,4-5,7-8,13-17,23H,1,3,6,9-12H2,(H2,24,25,26,27). The maximum Gasteiger partial charge on any atom is 0.244 e. The zero-order valence-electron chi connectivity index (χ0n) is 16.5. The van der Waals surface area contributed by atoms with Crippen LogP contribution in [0.3, 0.4) is 0 Å². The number of aromatic amines is 1. The van der Waals surface area contributed by atoms with E-state index >= 15 is 0 Å². The quantitative estimate of drug-likeness (QED) is 0.609. The van der Waals surface area contributed by atoms with E-state index in [1.54, 1.807) is 0 Å². The van der Waals surface area contributed by atoms with Crippen molar-refractivity contribution < 1.29 is 14.3 Å². The number of fused-ring (bicyclic) bond motifs is 1. The highest BCUT2D eigenvalue weighted by Gasteiger charge is 2.49. The van der Waals surface area contributed by atoms with Crippen molar-refractivity contribution in [3.8, 4) is 11.5 Å². The normalized spacial score (nSPS) is 23.6. The second-order valence-corrected chi connectivity index (χ2v) is 8.48. The topological polar surface area (TPSA) is 76.2 Å². The Labute approximate surface area is 170 Å². The van der Waals surface area contributed by atoms with E-state index in [4.69, 9.17) is 9.47 Å². The smallest absolute Gasteiger partial charge is 0.244 e. The molecule has 29 heavy (non-hydrogen) atoms. The molecular formula is C23H27N3O3. The number of nitrogens with one attached hydrogen (secondary N) is 2. The van der Waals surface area contributed by atoms with Crippen molar-refractivity contribution >= 4 is 11.7 Å². The summed E-state index contributed by atoms with van der Waals surface area (Å²) < 4.78 is 12.2. The molecule has 2 aromatic rings. The number of hydrogen-bond donors (Lipinski definition) is 2. The molecule has 6 nitrogen and oxygen atoms in total. The number of amides is 1. The van der Waals surface area contributed by atoms with Crippen LogP contribution >= 0.6 is 0 Å². The summed E-state index contributed by atoms with van der Waals surface area (Å²) in [7, 11) is 0. The van der Waals surface area contributed by atoms with Crippen LogP contribution in [0.5, 0.6) is 11.5 Å². The highest BCUT2D eigenvalue weighted by atomic mass is 16.7. The lowest BCUT2D eigenvalue weighted by atomic mass is 9.94. The third kappa shape index (κ3) is 4.02. The zero-order valence-corrected chi connectivity index (χ0v) is 16.5. The van der Waals surface area contributed by atoms with Crippen molar-refractivity contribution in [2.45, 2.75) is 50.7 Å². The molecular weight excluding hydrogens is 366 g/mol. The van der Waals surface area contributed by atoms with E-state index in [1.807, 2.05) is 36.4 Å². The van der Waals surface area contributed by atoms with Gasteiger partial charge in [-0.1, -0.05) is 18.2 Å². The van der Waals surface area contributed by atoms with Crippen LogP contribution in [0.1, 0.15) is 50.1 Å². The Balaban J connectivity index is 1.17. The van der Waals surface area contributed by atoms with Gasteiger partial charge in [0.15, 0.2) is 17.3 Å². The van der Waals surface area contributed by atoms with Gasteiger partial charge in [-0.15, -0.1) is 6.58 Å². The zero-order chi connectivity index (χ0) is 19.8. The van der Waals surface area contributed by atoms with Gasteiger partial charge in [0.05, 0.1) is 0 Å². The van der Waals surface area contributed by atoms with E-state index < -0.39 is 0 Å². The monoisotopic (exact) mass is 393 g/mol. The molecule has 1 aromatic heterocycles. The molecule has 3 atom stereocenters. The third-order valence-electron chi connectivity index (χ3n) is 6.25. The van der Waals surface area contributed by atoms with Gasteiger partial charge in [0.2, 0.25) is 12.2 Å². The summed E-state index contributed by atoms with van der Waals surface area (Å²) in [6.07, 6.45) is 7.49. The van der Waals surface area contributed by atoms with Crippen molar-refractivity contribution in [3.05, 3.63) is 48.7 Å². The number of nitrogens with zero attached hydrogens (tertiary/aromatic N) is 1. The van der Waals surface area contributed by atoms with E-state index in [0.717, 1.165) is 36.5 Å². The number of rotatable bonds is 9. The molecule has 0 radical (unpaired) electrons. The van der Waals surface area contributed by atoms with Crippen LogP contribution in [0.4, 0.5) is 5.82 Å². The fourth-order valence-electron chi connectivity index (χ4n) is 4.42. The van der Waals surface area contributed by atoms with E-state index in [2.05, 4.69) is 22.1 Å². The molecule has 3 unspecified atom stereocenters. The third-order valence-corrected chi connectivity index (χ3v) is 6.25. The largest absolute Gasteiger partial charge is 0.451 e. The van der Waals surface area contributed by atoms with Crippen LogP contribution in [-0.4, -0.2) is 22.4 Å². The number of benzene rings is 1. The summed E-state index contributed by atoms with van der Waals surface area (Å²) in [5, 5.41) is 10.2. The lowest BCUT2D eigenvalue weighted by Crippen LogP contribution is -2.31. The lowest BCUT2D eigenvalue weighted by Gasteiger charge is -2.22. The highest BCUT2D eigenvalue weighted by Crippen LogP contribution is 2.51. The van der Waals surface area contributed by atoms with Crippen molar-refractivity contribution in [1.82, 2.24) is 10.2 Å². The van der Waals surface area contributed by atoms with Crippen molar-refractivity contribution in [2.24, 2.45) is 17.8 Å². The van der Waals surface area contributed by atoms with Crippen LogP contribution in [-0.2, 0) is 4.79 Å². The Kier molecular flexibility index (Phi) is 4.78. The number of H-pyrrole nitrogens is 1. The van der Waals surface area contributed by atoms with E-state index in [1.165, 1.54) is 12.8 Å². The van der Waals surface area contributed by atoms with Gasteiger partial charge in [-0.25, -0.2) is 0 Å². The molecule has 2 aliphatic carbocycles. The first kappa shape index (κ1) is 18.3. The van der Waals surface area contributed by atoms with Gasteiger partial charge in [0.1, 0.15) is 0 Å². The lowest BCUT2D eigenvalue weighted by molar-refractivity contribution is -0.116. The predicted molar refractivity (Wildman–Crippen MR) is 110 cm³/mol. The predicted octanol–water partition coefficient (Wildman–Crippen LogP) is 4.63. The minimum atomic E-state index is -0.280. The molecule has 1 amide bonds. The fourth-order valence-corrected chi connectivity index (χ4v) is 4.42. The van der Waals surface area contributed by atoms with Crippen LogP contribution in [0.2, 0.25) is 0 Å². The molecule has 3 aliphatic rings. The Bertz CT molecular complexity index is 879. The molecule has 0 bridgehead atoms. The number of anilines is 1. The average Bonchev–Trinajstić information content (AvgIpc) is 3.60. The molecule has 2 fully saturated rings. The summed E-state index contributed by atoms with van der Waals surface area (Å²) >= 11 is 0. The van der Waals surface area contributed by atoms with Gasteiger partial charge in [-0.2, -0.15) is 5.10 Å².